The fourth-order valence-corrected chi connectivity index (χ4v) is 3.14. The van der Waals surface area contributed by atoms with E-state index < -0.39 is 23.7 Å². The molecule has 1 unspecified atom stereocenters. The zero-order valence-corrected chi connectivity index (χ0v) is 16.8. The number of piperazine rings is 1. The van der Waals surface area contributed by atoms with E-state index in [9.17, 15) is 27.9 Å². The summed E-state index contributed by atoms with van der Waals surface area (Å²) < 4.78 is 38.8. The second-order valence-electron chi connectivity index (χ2n) is 8.50. The average Bonchev–Trinajstić information content (AvgIpc) is 2.58. The highest BCUT2D eigenvalue weighted by atomic mass is 19.4. The third-order valence-corrected chi connectivity index (χ3v) is 5.14. The molecule has 0 aromatic heterocycles. The summed E-state index contributed by atoms with van der Waals surface area (Å²) in [5.74, 6) is -1.63. The largest absolute Gasteiger partial charge is 0.426 e. The second-order valence-corrected chi connectivity index (χ2v) is 8.50. The number of benzene rings is 1. The predicted molar refractivity (Wildman–Crippen MR) is 98.9 cm³/mol. The van der Waals surface area contributed by atoms with Crippen molar-refractivity contribution in [2.75, 3.05) is 19.6 Å². The minimum absolute atomic E-state index is 0.0441. The van der Waals surface area contributed by atoms with Crippen LogP contribution in [0.1, 0.15) is 50.5 Å². The van der Waals surface area contributed by atoms with Crippen LogP contribution in [0.3, 0.4) is 0 Å². The molecule has 1 aromatic carbocycles. The smallest absolute Gasteiger partial charge is 0.373 e. The van der Waals surface area contributed by atoms with E-state index >= 15 is 0 Å². The van der Waals surface area contributed by atoms with E-state index in [2.05, 4.69) is 20.8 Å². The van der Waals surface area contributed by atoms with Crippen LogP contribution >= 0.6 is 0 Å². The third-order valence-electron chi connectivity index (χ3n) is 5.14. The van der Waals surface area contributed by atoms with Crippen molar-refractivity contribution < 1.29 is 27.9 Å². The molecule has 2 rings (SSSR count). The Morgan fingerprint density at radius 1 is 1.04 bits per heavy atom. The van der Waals surface area contributed by atoms with Gasteiger partial charge < -0.3 is 14.9 Å². The van der Waals surface area contributed by atoms with Gasteiger partial charge in [-0.15, -0.1) is 0 Å². The molecule has 1 aliphatic rings. The van der Waals surface area contributed by atoms with Crippen LogP contribution in [-0.4, -0.2) is 64.2 Å². The number of carbonyl (C=O) groups is 2. The Labute approximate surface area is 163 Å². The molecule has 1 fully saturated rings. The molecule has 2 atom stereocenters. The molecular formula is C20H27F3N2O3. The first-order chi connectivity index (χ1) is 12.7. The predicted octanol–water partition coefficient (Wildman–Crippen LogP) is 2.97. The Morgan fingerprint density at radius 3 is 2.00 bits per heavy atom. The third kappa shape index (κ3) is 4.32. The molecule has 1 heterocycles. The van der Waals surface area contributed by atoms with Crippen LogP contribution in [0.15, 0.2) is 24.3 Å². The van der Waals surface area contributed by atoms with Crippen LogP contribution in [-0.2, 0) is 10.2 Å². The van der Waals surface area contributed by atoms with Gasteiger partial charge in [0.25, 0.3) is 11.8 Å². The Morgan fingerprint density at radius 2 is 1.57 bits per heavy atom. The van der Waals surface area contributed by atoms with Crippen LogP contribution in [0.5, 0.6) is 0 Å². The lowest BCUT2D eigenvalue weighted by Crippen LogP contribution is -2.63. The molecule has 1 aromatic rings. The maximum atomic E-state index is 12.9. The Hall–Kier alpha value is -2.09. The number of hydrogen-bond donors (Lipinski definition) is 1. The van der Waals surface area contributed by atoms with E-state index in [0.717, 1.165) is 10.5 Å². The highest BCUT2D eigenvalue weighted by Gasteiger charge is 2.57. The molecule has 0 spiro atoms. The zero-order valence-electron chi connectivity index (χ0n) is 16.8. The average molecular weight is 400 g/mol. The first-order valence-electron chi connectivity index (χ1n) is 9.16. The highest BCUT2D eigenvalue weighted by Crippen LogP contribution is 2.32. The van der Waals surface area contributed by atoms with E-state index in [-0.39, 0.29) is 31.0 Å². The minimum Gasteiger partial charge on any atom is -0.373 e. The number of carbonyl (C=O) groups excluding carboxylic acids is 2. The van der Waals surface area contributed by atoms with E-state index in [1.165, 1.54) is 4.90 Å². The van der Waals surface area contributed by atoms with Gasteiger partial charge in [-0.1, -0.05) is 32.9 Å². The summed E-state index contributed by atoms with van der Waals surface area (Å²) in [7, 11) is 0. The van der Waals surface area contributed by atoms with E-state index in [1.807, 2.05) is 12.1 Å². The fourth-order valence-electron chi connectivity index (χ4n) is 3.14. The lowest BCUT2D eigenvalue weighted by atomic mass is 9.86. The zero-order chi connectivity index (χ0) is 21.5. The quantitative estimate of drug-likeness (QED) is 0.830. The van der Waals surface area contributed by atoms with Crippen molar-refractivity contribution in [1.29, 1.82) is 0 Å². The van der Waals surface area contributed by atoms with Crippen LogP contribution in [0.25, 0.3) is 0 Å². The topological polar surface area (TPSA) is 60.9 Å². The summed E-state index contributed by atoms with van der Waals surface area (Å²) in [6.45, 7) is 8.34. The van der Waals surface area contributed by atoms with Gasteiger partial charge in [-0.3, -0.25) is 9.59 Å². The van der Waals surface area contributed by atoms with Gasteiger partial charge in [0.2, 0.25) is 5.60 Å². The van der Waals surface area contributed by atoms with Gasteiger partial charge in [-0.2, -0.15) is 13.2 Å². The molecule has 1 aliphatic heterocycles. The Balaban J connectivity index is 2.09. The highest BCUT2D eigenvalue weighted by molar-refractivity contribution is 5.94. The summed E-state index contributed by atoms with van der Waals surface area (Å²) in [5.41, 5.74) is -1.92. The summed E-state index contributed by atoms with van der Waals surface area (Å²) >= 11 is 0. The molecular weight excluding hydrogens is 373 g/mol. The van der Waals surface area contributed by atoms with Crippen LogP contribution in [0, 0.1) is 0 Å². The number of alkyl halides is 3. The van der Waals surface area contributed by atoms with E-state index in [0.29, 0.717) is 12.5 Å². The molecule has 28 heavy (non-hydrogen) atoms. The maximum absolute atomic E-state index is 12.9. The van der Waals surface area contributed by atoms with Crippen molar-refractivity contribution in [2.24, 2.45) is 0 Å². The molecule has 1 N–H and O–H groups in total. The van der Waals surface area contributed by atoms with Gasteiger partial charge in [0.15, 0.2) is 0 Å². The number of amides is 2. The second kappa shape index (κ2) is 7.39. The SMILES string of the molecule is C[C@@H]1CN(C(=O)c2ccc(C(C)(C)C)cc2)CCN1C(=O)C(C)(O)C(F)(F)F. The molecule has 8 heteroatoms. The summed E-state index contributed by atoms with van der Waals surface area (Å²) in [5, 5.41) is 9.64. The molecule has 5 nitrogen and oxygen atoms in total. The van der Waals surface area contributed by atoms with Gasteiger partial charge in [0, 0.05) is 31.2 Å². The van der Waals surface area contributed by atoms with Gasteiger partial charge in [0.1, 0.15) is 0 Å². The van der Waals surface area contributed by atoms with Gasteiger partial charge in [-0.05, 0) is 37.0 Å². The Bertz CT molecular complexity index is 737. The molecule has 2 amide bonds. The lowest BCUT2D eigenvalue weighted by Gasteiger charge is -2.42. The number of hydrogen-bond acceptors (Lipinski definition) is 3. The van der Waals surface area contributed by atoms with Crippen molar-refractivity contribution in [2.45, 2.75) is 57.9 Å². The Kier molecular flexibility index (Phi) is 5.86. The first-order valence-corrected chi connectivity index (χ1v) is 9.16. The van der Waals surface area contributed by atoms with Crippen molar-refractivity contribution in [1.82, 2.24) is 9.80 Å². The molecule has 0 radical (unpaired) electrons. The van der Waals surface area contributed by atoms with Crippen molar-refractivity contribution in [3.8, 4) is 0 Å². The maximum Gasteiger partial charge on any atom is 0.426 e. The molecule has 0 saturated carbocycles. The lowest BCUT2D eigenvalue weighted by molar-refractivity contribution is -0.251. The normalized spacial score (nSPS) is 20.7. The van der Waals surface area contributed by atoms with E-state index in [4.69, 9.17) is 0 Å². The molecule has 0 bridgehead atoms. The summed E-state index contributed by atoms with van der Waals surface area (Å²) in [6, 6.07) is 6.60. The van der Waals surface area contributed by atoms with E-state index in [1.54, 1.807) is 19.1 Å². The number of aliphatic hydroxyl groups is 1. The monoisotopic (exact) mass is 400 g/mol. The molecule has 1 saturated heterocycles. The summed E-state index contributed by atoms with van der Waals surface area (Å²) in [6.07, 6.45) is -5.06. The van der Waals surface area contributed by atoms with Crippen molar-refractivity contribution in [3.05, 3.63) is 35.4 Å². The van der Waals surface area contributed by atoms with Crippen LogP contribution in [0.4, 0.5) is 13.2 Å². The number of nitrogens with zero attached hydrogens (tertiary/aromatic N) is 2. The van der Waals surface area contributed by atoms with Crippen molar-refractivity contribution >= 4 is 11.8 Å². The van der Waals surface area contributed by atoms with Gasteiger partial charge >= 0.3 is 6.18 Å². The number of halogens is 3. The fraction of sp³-hybridized carbons (Fsp3) is 0.600. The summed E-state index contributed by atoms with van der Waals surface area (Å²) in [4.78, 5) is 27.4. The molecule has 156 valence electrons. The number of rotatable bonds is 2. The first kappa shape index (κ1) is 22.2. The van der Waals surface area contributed by atoms with Gasteiger partial charge in [-0.25, -0.2) is 0 Å². The molecule has 0 aliphatic carbocycles. The van der Waals surface area contributed by atoms with Crippen LogP contribution in [0.2, 0.25) is 0 Å². The standard InChI is InChI=1S/C20H27F3N2O3/c1-13-12-24(10-11-25(13)17(27)19(5,28)20(21,22)23)16(26)14-6-8-15(9-7-14)18(2,3)4/h6-9,13,28H,10-12H2,1-5H3/t13-,19?/m1/s1. The van der Waals surface area contributed by atoms with Crippen LogP contribution < -0.4 is 0 Å². The minimum atomic E-state index is -5.06. The van der Waals surface area contributed by atoms with Gasteiger partial charge in [0.05, 0.1) is 0 Å². The van der Waals surface area contributed by atoms with Crippen molar-refractivity contribution in [3.63, 3.8) is 0 Å².